The van der Waals surface area contributed by atoms with E-state index in [1.165, 1.54) is 7.11 Å². The van der Waals surface area contributed by atoms with E-state index in [1.807, 2.05) is 0 Å². The lowest BCUT2D eigenvalue weighted by molar-refractivity contribution is -0.212. The van der Waals surface area contributed by atoms with Crippen molar-refractivity contribution in [3.8, 4) is 11.5 Å². The van der Waals surface area contributed by atoms with E-state index in [0.29, 0.717) is 12.3 Å². The van der Waals surface area contributed by atoms with Gasteiger partial charge in [-0.25, -0.2) is 4.79 Å². The Hall–Kier alpha value is -2.13. The van der Waals surface area contributed by atoms with E-state index in [-0.39, 0.29) is 35.3 Å². The summed E-state index contributed by atoms with van der Waals surface area (Å²) in [6.45, 7) is 4.46. The molecule has 1 aromatic carbocycles. The first-order chi connectivity index (χ1) is 18.5. The second kappa shape index (κ2) is 14.5. The van der Waals surface area contributed by atoms with Crippen LogP contribution in [0.2, 0.25) is 0 Å². The number of thioether (sulfide) groups is 1. The van der Waals surface area contributed by atoms with Crippen LogP contribution in [-0.2, 0) is 19.0 Å². The van der Waals surface area contributed by atoms with Gasteiger partial charge in [-0.1, -0.05) is 13.3 Å². The molecule has 0 radical (unpaired) electrons. The van der Waals surface area contributed by atoms with Gasteiger partial charge in [0.05, 0.1) is 23.8 Å². The van der Waals surface area contributed by atoms with Crippen LogP contribution in [0.25, 0.3) is 0 Å². The summed E-state index contributed by atoms with van der Waals surface area (Å²) in [6, 6.07) is 2.17. The van der Waals surface area contributed by atoms with Crippen LogP contribution in [0.15, 0.2) is 18.2 Å². The standard InChI is InChI=1S/C26H40N2O10S/c1-4-5-14-8-18(27-12-14)24(34)28-19(13(2)36-3)23-21(32)20(31)22(33)26(38-23)39-7-6-37-25(35)15-9-16(29)11-17(30)10-15/h9-11,13-14,18-23,26-27,29-33H,4-8,12H2,1-3H3,(H,28,34)/t13-,14-,18+,19-,20+,21-,22-,23-,26-/m1/s1. The van der Waals surface area contributed by atoms with Crippen molar-refractivity contribution in [2.75, 3.05) is 26.0 Å². The van der Waals surface area contributed by atoms with Gasteiger partial charge in [0.1, 0.15) is 48.0 Å². The Labute approximate surface area is 232 Å². The Morgan fingerprint density at radius 3 is 2.49 bits per heavy atom. The normalized spacial score (nSPS) is 30.5. The third-order valence-electron chi connectivity index (χ3n) is 7.12. The number of aromatic hydroxyl groups is 2. The molecule has 0 aliphatic carbocycles. The van der Waals surface area contributed by atoms with Gasteiger partial charge >= 0.3 is 5.97 Å². The number of aliphatic hydroxyl groups excluding tert-OH is 3. The number of rotatable bonds is 12. The van der Waals surface area contributed by atoms with Crippen LogP contribution in [0.5, 0.6) is 11.5 Å². The highest BCUT2D eigenvalue weighted by molar-refractivity contribution is 7.99. The smallest absolute Gasteiger partial charge is 0.338 e. The highest BCUT2D eigenvalue weighted by Crippen LogP contribution is 2.31. The van der Waals surface area contributed by atoms with Gasteiger partial charge in [0, 0.05) is 18.9 Å². The summed E-state index contributed by atoms with van der Waals surface area (Å²) in [5.74, 6) is -1.03. The number of phenolic OH excluding ortho intramolecular Hbond substituents is 2. The van der Waals surface area contributed by atoms with Gasteiger partial charge in [-0.15, -0.1) is 11.8 Å². The van der Waals surface area contributed by atoms with Gasteiger partial charge in [0.15, 0.2) is 0 Å². The predicted molar refractivity (Wildman–Crippen MR) is 142 cm³/mol. The molecule has 1 aromatic rings. The number of phenols is 2. The molecule has 0 bridgehead atoms. The molecule has 0 unspecified atom stereocenters. The van der Waals surface area contributed by atoms with E-state index in [1.54, 1.807) is 6.92 Å². The molecule has 2 saturated heterocycles. The Kier molecular flexibility index (Phi) is 11.7. The molecule has 2 heterocycles. The third kappa shape index (κ3) is 8.19. The third-order valence-corrected chi connectivity index (χ3v) is 8.24. The van der Waals surface area contributed by atoms with Crippen molar-refractivity contribution in [3.05, 3.63) is 23.8 Å². The summed E-state index contributed by atoms with van der Waals surface area (Å²) in [7, 11) is 1.46. The van der Waals surface area contributed by atoms with Crippen molar-refractivity contribution in [1.82, 2.24) is 10.6 Å². The molecular formula is C26H40N2O10S. The summed E-state index contributed by atoms with van der Waals surface area (Å²) in [5, 5.41) is 57.1. The molecule has 13 heteroatoms. The maximum atomic E-state index is 13.1. The highest BCUT2D eigenvalue weighted by atomic mass is 32.2. The van der Waals surface area contributed by atoms with Crippen LogP contribution in [0.3, 0.4) is 0 Å². The lowest BCUT2D eigenvalue weighted by Crippen LogP contribution is -2.66. The van der Waals surface area contributed by atoms with Crippen molar-refractivity contribution in [2.24, 2.45) is 5.92 Å². The van der Waals surface area contributed by atoms with Gasteiger partial charge < -0.3 is 50.4 Å². The molecule has 2 aliphatic rings. The number of hydrogen-bond acceptors (Lipinski definition) is 12. The Morgan fingerprint density at radius 2 is 1.85 bits per heavy atom. The first-order valence-corrected chi connectivity index (χ1v) is 14.2. The lowest BCUT2D eigenvalue weighted by atomic mass is 9.91. The molecule has 3 rings (SSSR count). The zero-order valence-corrected chi connectivity index (χ0v) is 23.2. The molecule has 220 valence electrons. The number of methoxy groups -OCH3 is 1. The number of esters is 1. The molecule has 9 atom stereocenters. The fourth-order valence-corrected chi connectivity index (χ4v) is 5.89. The number of hydrogen-bond donors (Lipinski definition) is 7. The van der Waals surface area contributed by atoms with Gasteiger partial charge in [-0.2, -0.15) is 0 Å². The van der Waals surface area contributed by atoms with Crippen molar-refractivity contribution >= 4 is 23.6 Å². The monoisotopic (exact) mass is 572 g/mol. The number of nitrogens with one attached hydrogen (secondary N) is 2. The van der Waals surface area contributed by atoms with Gasteiger partial charge in [-0.05, 0) is 44.4 Å². The SMILES string of the molecule is CCC[C@H]1CN[C@H](C(=O)N[C@@H]([C@H]2O[C@H](SCCOC(=O)c3cc(O)cc(O)c3)[C@H](O)[C@@H](O)[C@H]2O)[C@@H](C)OC)C1. The predicted octanol–water partition coefficient (Wildman–Crippen LogP) is 0.0933. The average molecular weight is 573 g/mol. The van der Waals surface area contributed by atoms with E-state index in [2.05, 4.69) is 17.6 Å². The molecule has 39 heavy (non-hydrogen) atoms. The van der Waals surface area contributed by atoms with Crippen LogP contribution >= 0.6 is 11.8 Å². The van der Waals surface area contributed by atoms with Crippen LogP contribution in [0, 0.1) is 5.92 Å². The summed E-state index contributed by atoms with van der Waals surface area (Å²) in [4.78, 5) is 25.3. The number of aliphatic hydroxyl groups is 3. The van der Waals surface area contributed by atoms with E-state index in [9.17, 15) is 35.1 Å². The lowest BCUT2D eigenvalue weighted by Gasteiger charge is -2.44. The molecular weight excluding hydrogens is 532 g/mol. The minimum absolute atomic E-state index is 0.0324. The molecule has 1 amide bonds. The van der Waals surface area contributed by atoms with E-state index in [4.69, 9.17) is 14.2 Å². The van der Waals surface area contributed by atoms with Gasteiger partial charge in [0.2, 0.25) is 5.91 Å². The minimum atomic E-state index is -1.55. The molecule has 7 N–H and O–H groups in total. The van der Waals surface area contributed by atoms with Gasteiger partial charge in [0.25, 0.3) is 0 Å². The quantitative estimate of drug-likeness (QED) is 0.132. The Bertz CT molecular complexity index is 948. The molecule has 12 nitrogen and oxygen atoms in total. The fraction of sp³-hybridized carbons (Fsp3) is 0.692. The van der Waals surface area contributed by atoms with Crippen molar-refractivity contribution in [2.45, 2.75) is 81.1 Å². The Morgan fingerprint density at radius 1 is 1.15 bits per heavy atom. The summed E-state index contributed by atoms with van der Waals surface area (Å²) in [6.07, 6.45) is -3.43. The summed E-state index contributed by atoms with van der Waals surface area (Å²) in [5.41, 5.74) is -1.03. The average Bonchev–Trinajstić information content (AvgIpc) is 3.37. The summed E-state index contributed by atoms with van der Waals surface area (Å²) < 4.78 is 16.6. The number of carbonyl (C=O) groups is 2. The van der Waals surface area contributed by atoms with Gasteiger partial charge in [-0.3, -0.25) is 4.79 Å². The van der Waals surface area contributed by atoms with Crippen molar-refractivity contribution < 1.29 is 49.3 Å². The van der Waals surface area contributed by atoms with E-state index >= 15 is 0 Å². The molecule has 0 saturated carbocycles. The number of amides is 1. The molecule has 0 spiro atoms. The molecule has 0 aromatic heterocycles. The number of benzene rings is 1. The largest absolute Gasteiger partial charge is 0.508 e. The number of ether oxygens (including phenoxy) is 3. The zero-order valence-electron chi connectivity index (χ0n) is 22.4. The zero-order chi connectivity index (χ0) is 28.7. The maximum Gasteiger partial charge on any atom is 0.338 e. The van der Waals surface area contributed by atoms with Crippen molar-refractivity contribution in [1.29, 1.82) is 0 Å². The second-order valence-corrected chi connectivity index (χ2v) is 11.2. The maximum absolute atomic E-state index is 13.1. The minimum Gasteiger partial charge on any atom is -0.508 e. The van der Waals surface area contributed by atoms with Crippen LogP contribution in [0.1, 0.15) is 43.5 Å². The van der Waals surface area contributed by atoms with Crippen LogP contribution < -0.4 is 10.6 Å². The number of carbonyl (C=O) groups excluding carboxylic acids is 2. The van der Waals surface area contributed by atoms with E-state index in [0.717, 1.165) is 49.3 Å². The van der Waals surface area contributed by atoms with E-state index < -0.39 is 54.0 Å². The van der Waals surface area contributed by atoms with Crippen LogP contribution in [-0.4, -0.2) is 111 Å². The molecule has 2 aliphatic heterocycles. The first-order valence-electron chi connectivity index (χ1n) is 13.1. The fourth-order valence-electron chi connectivity index (χ4n) is 4.92. The van der Waals surface area contributed by atoms with Crippen LogP contribution in [0.4, 0.5) is 0 Å². The second-order valence-electron chi connectivity index (χ2n) is 10.0. The topological polar surface area (TPSA) is 187 Å². The summed E-state index contributed by atoms with van der Waals surface area (Å²) >= 11 is 1.06. The van der Waals surface area contributed by atoms with Crippen molar-refractivity contribution in [3.63, 3.8) is 0 Å². The molecule has 2 fully saturated rings. The highest BCUT2D eigenvalue weighted by Gasteiger charge is 2.49. The first kappa shape index (κ1) is 31.4. The Balaban J connectivity index is 1.60.